The fourth-order valence-electron chi connectivity index (χ4n) is 7.06. The van der Waals surface area contributed by atoms with Gasteiger partial charge >= 0.3 is 5.97 Å². The molecule has 3 heterocycles. The van der Waals surface area contributed by atoms with Crippen molar-refractivity contribution in [2.75, 3.05) is 18.1 Å². The van der Waals surface area contributed by atoms with Crippen LogP contribution in [0.5, 0.6) is 0 Å². The fraction of sp³-hybridized carbons (Fsp3) is 0.607. The van der Waals surface area contributed by atoms with E-state index in [-0.39, 0.29) is 19.1 Å². The zero-order chi connectivity index (χ0) is 27.3. The first-order chi connectivity index (χ1) is 17.5. The Kier molecular flexibility index (Phi) is 7.49. The smallest absolute Gasteiger partial charge is 0.310 e. The number of anilines is 1. The number of likely N-dealkylation sites (tertiary alicyclic amines) is 1. The Labute approximate surface area is 223 Å². The SMILES string of the molecule is C=CCN(C(=O)C1N([C@@H](CO)CC(C)C)C(=O)[C@@H]2[C@H](C(=O)O)[C@]3(CC)CCC12O3)c1c(C)cccc1Cl. The second-order valence-corrected chi connectivity index (χ2v) is 11.4. The molecular weight excluding hydrogens is 496 g/mol. The first-order valence-corrected chi connectivity index (χ1v) is 13.4. The number of benzene rings is 1. The number of aliphatic hydroxyl groups excluding tert-OH is 1. The molecule has 37 heavy (non-hydrogen) atoms. The van der Waals surface area contributed by atoms with Crippen molar-refractivity contribution in [1.82, 2.24) is 4.90 Å². The molecule has 0 aromatic heterocycles. The van der Waals surface area contributed by atoms with Gasteiger partial charge in [-0.15, -0.1) is 6.58 Å². The van der Waals surface area contributed by atoms with Crippen molar-refractivity contribution < 1.29 is 29.3 Å². The molecule has 3 saturated heterocycles. The molecule has 3 aliphatic heterocycles. The van der Waals surface area contributed by atoms with Gasteiger partial charge in [0.25, 0.3) is 5.91 Å². The van der Waals surface area contributed by atoms with Gasteiger partial charge < -0.3 is 24.7 Å². The van der Waals surface area contributed by atoms with Crippen molar-refractivity contribution in [3.05, 3.63) is 41.4 Å². The number of para-hydroxylation sites is 1. The first-order valence-electron chi connectivity index (χ1n) is 13.0. The Hall–Kier alpha value is -2.42. The molecule has 6 atom stereocenters. The molecule has 8 nitrogen and oxygen atoms in total. The predicted octanol–water partition coefficient (Wildman–Crippen LogP) is 3.81. The molecule has 202 valence electrons. The van der Waals surface area contributed by atoms with Gasteiger partial charge in [-0.1, -0.05) is 50.6 Å². The number of fused-ring (bicyclic) bond motifs is 1. The van der Waals surface area contributed by atoms with E-state index in [1.165, 1.54) is 9.80 Å². The molecule has 1 aromatic rings. The molecular formula is C28H37ClN2O6. The number of hydrogen-bond acceptors (Lipinski definition) is 5. The van der Waals surface area contributed by atoms with Gasteiger partial charge in [-0.3, -0.25) is 14.4 Å². The van der Waals surface area contributed by atoms with Gasteiger partial charge in [0.15, 0.2) is 0 Å². The lowest BCUT2D eigenvalue weighted by molar-refractivity contribution is -0.157. The number of amides is 2. The lowest BCUT2D eigenvalue weighted by atomic mass is 9.65. The van der Waals surface area contributed by atoms with Crippen molar-refractivity contribution >= 4 is 35.1 Å². The third-order valence-electron chi connectivity index (χ3n) is 8.50. The van der Waals surface area contributed by atoms with Crippen LogP contribution in [0.1, 0.15) is 52.0 Å². The summed E-state index contributed by atoms with van der Waals surface area (Å²) in [5.74, 6) is -3.88. The number of aliphatic carboxylic acids is 1. The number of carbonyl (C=O) groups is 3. The van der Waals surface area contributed by atoms with Gasteiger partial charge in [0.05, 0.1) is 34.9 Å². The molecule has 2 N–H and O–H groups in total. The zero-order valence-electron chi connectivity index (χ0n) is 21.9. The lowest BCUT2D eigenvalue weighted by Gasteiger charge is -2.40. The first kappa shape index (κ1) is 27.6. The van der Waals surface area contributed by atoms with Crippen LogP contribution in [-0.2, 0) is 19.1 Å². The Morgan fingerprint density at radius 1 is 1.35 bits per heavy atom. The van der Waals surface area contributed by atoms with Crippen LogP contribution >= 0.6 is 11.6 Å². The van der Waals surface area contributed by atoms with E-state index in [0.29, 0.717) is 36.4 Å². The van der Waals surface area contributed by atoms with Crippen LogP contribution in [0.3, 0.4) is 0 Å². The van der Waals surface area contributed by atoms with E-state index >= 15 is 0 Å². The van der Waals surface area contributed by atoms with Crippen LogP contribution in [0.2, 0.25) is 5.02 Å². The summed E-state index contributed by atoms with van der Waals surface area (Å²) in [6, 6.07) is 3.59. The topological polar surface area (TPSA) is 107 Å². The summed E-state index contributed by atoms with van der Waals surface area (Å²) >= 11 is 6.57. The highest BCUT2D eigenvalue weighted by atomic mass is 35.5. The van der Waals surface area contributed by atoms with Crippen LogP contribution in [0.4, 0.5) is 5.69 Å². The number of aliphatic hydroxyl groups is 1. The van der Waals surface area contributed by atoms with Crippen molar-refractivity contribution in [1.29, 1.82) is 0 Å². The summed E-state index contributed by atoms with van der Waals surface area (Å²) in [5, 5.41) is 21.0. The number of nitrogens with zero attached hydrogens (tertiary/aromatic N) is 2. The van der Waals surface area contributed by atoms with E-state index in [0.717, 1.165) is 5.56 Å². The fourth-order valence-corrected chi connectivity index (χ4v) is 7.38. The van der Waals surface area contributed by atoms with E-state index in [1.54, 1.807) is 18.2 Å². The summed E-state index contributed by atoms with van der Waals surface area (Å²) in [6.45, 7) is 11.3. The lowest BCUT2D eigenvalue weighted by Crippen LogP contribution is -2.59. The van der Waals surface area contributed by atoms with Crippen LogP contribution in [0, 0.1) is 24.7 Å². The molecule has 0 aliphatic carbocycles. The van der Waals surface area contributed by atoms with Crippen LogP contribution in [0.25, 0.3) is 0 Å². The van der Waals surface area contributed by atoms with Gasteiger partial charge in [-0.25, -0.2) is 0 Å². The van der Waals surface area contributed by atoms with Crippen molar-refractivity contribution in [2.45, 2.75) is 76.7 Å². The molecule has 2 bridgehead atoms. The van der Waals surface area contributed by atoms with Crippen LogP contribution < -0.4 is 4.90 Å². The van der Waals surface area contributed by atoms with E-state index in [9.17, 15) is 24.6 Å². The third-order valence-corrected chi connectivity index (χ3v) is 8.81. The molecule has 2 unspecified atom stereocenters. The number of carboxylic acids is 1. The van der Waals surface area contributed by atoms with Crippen LogP contribution in [0.15, 0.2) is 30.9 Å². The highest BCUT2D eigenvalue weighted by Gasteiger charge is 2.79. The average molecular weight is 533 g/mol. The molecule has 4 rings (SSSR count). The maximum Gasteiger partial charge on any atom is 0.310 e. The molecule has 0 saturated carbocycles. The van der Waals surface area contributed by atoms with Crippen molar-refractivity contribution in [3.8, 4) is 0 Å². The van der Waals surface area contributed by atoms with E-state index in [1.807, 2.05) is 33.8 Å². The van der Waals surface area contributed by atoms with Gasteiger partial charge in [-0.05, 0) is 50.2 Å². The largest absolute Gasteiger partial charge is 0.481 e. The Morgan fingerprint density at radius 3 is 2.59 bits per heavy atom. The second kappa shape index (κ2) is 10.0. The average Bonchev–Trinajstić information content (AvgIpc) is 3.45. The number of carbonyl (C=O) groups excluding carboxylic acids is 2. The molecule has 3 aliphatic rings. The quantitative estimate of drug-likeness (QED) is 0.444. The molecule has 9 heteroatoms. The molecule has 2 amide bonds. The summed E-state index contributed by atoms with van der Waals surface area (Å²) in [4.78, 5) is 44.3. The number of rotatable bonds is 10. The Morgan fingerprint density at radius 2 is 2.05 bits per heavy atom. The Balaban J connectivity index is 1.91. The van der Waals surface area contributed by atoms with E-state index in [4.69, 9.17) is 16.3 Å². The normalized spacial score (nSPS) is 31.1. The van der Waals surface area contributed by atoms with Crippen LogP contribution in [-0.4, -0.2) is 69.3 Å². The van der Waals surface area contributed by atoms with Crippen molar-refractivity contribution in [3.63, 3.8) is 0 Å². The summed E-state index contributed by atoms with van der Waals surface area (Å²) < 4.78 is 6.62. The molecule has 3 fully saturated rings. The minimum absolute atomic E-state index is 0.128. The number of hydrogen-bond donors (Lipinski definition) is 2. The third kappa shape index (κ3) is 4.08. The highest BCUT2D eigenvalue weighted by Crippen LogP contribution is 2.64. The number of ether oxygens (including phenoxy) is 1. The molecule has 0 radical (unpaired) electrons. The maximum absolute atomic E-state index is 14.6. The standard InChI is InChI=1S/C28H37ClN2O6/c1-6-13-30(22-17(5)9-8-10-19(22)29)25(34)23-28-12-11-27(7-2,37-28)21(26(35)36)20(28)24(33)31(23)18(15-32)14-16(3)4/h6,8-10,16,18,20-21,23,32H,1,7,11-15H2,2-5H3,(H,35,36)/t18-,20+,21-,23?,27+,28?/m1/s1. The Bertz CT molecular complexity index is 1090. The summed E-state index contributed by atoms with van der Waals surface area (Å²) in [7, 11) is 0. The van der Waals surface area contributed by atoms with Gasteiger partial charge in [-0.2, -0.15) is 0 Å². The number of aryl methyl sites for hydroxylation is 1. The van der Waals surface area contributed by atoms with Crippen molar-refractivity contribution in [2.24, 2.45) is 17.8 Å². The number of halogens is 1. The zero-order valence-corrected chi connectivity index (χ0v) is 22.7. The molecule has 1 aromatic carbocycles. The summed E-state index contributed by atoms with van der Waals surface area (Å²) in [5.41, 5.74) is -1.02. The second-order valence-electron chi connectivity index (χ2n) is 11.0. The van der Waals surface area contributed by atoms with E-state index < -0.39 is 52.9 Å². The highest BCUT2D eigenvalue weighted by molar-refractivity contribution is 6.34. The minimum Gasteiger partial charge on any atom is -0.481 e. The minimum atomic E-state index is -1.30. The van der Waals surface area contributed by atoms with Gasteiger partial charge in [0.2, 0.25) is 5.91 Å². The number of carboxylic acid groups (broad SMARTS) is 1. The van der Waals surface area contributed by atoms with Gasteiger partial charge in [0.1, 0.15) is 17.6 Å². The maximum atomic E-state index is 14.6. The monoisotopic (exact) mass is 532 g/mol. The predicted molar refractivity (Wildman–Crippen MR) is 140 cm³/mol. The van der Waals surface area contributed by atoms with Gasteiger partial charge in [0, 0.05) is 6.54 Å². The van der Waals surface area contributed by atoms with E-state index in [2.05, 4.69) is 6.58 Å². The molecule has 1 spiro atoms. The summed E-state index contributed by atoms with van der Waals surface area (Å²) in [6.07, 6.45) is 3.30.